The van der Waals surface area contributed by atoms with E-state index in [1.165, 1.54) is 64.2 Å². The molecule has 0 amide bonds. The summed E-state index contributed by atoms with van der Waals surface area (Å²) in [6.07, 6.45) is 18.3. The van der Waals surface area contributed by atoms with Crippen LogP contribution in [0.1, 0.15) is 78.1 Å². The highest BCUT2D eigenvalue weighted by atomic mass is 14.8. The number of nitrogens with one attached hydrogen (secondary N) is 1. The predicted octanol–water partition coefficient (Wildman–Crippen LogP) is 5.19. The molecule has 0 bridgehead atoms. The minimum Gasteiger partial charge on any atom is -0.391 e. The fourth-order valence-electron chi connectivity index (χ4n) is 1.92. The largest absolute Gasteiger partial charge is 0.391 e. The van der Waals surface area contributed by atoms with Crippen molar-refractivity contribution < 1.29 is 0 Å². The summed E-state index contributed by atoms with van der Waals surface area (Å²) in [7, 11) is 0. The molecule has 0 heterocycles. The van der Waals surface area contributed by atoms with E-state index in [-0.39, 0.29) is 6.15 Å². The Morgan fingerprint density at radius 3 is 1.71 bits per heavy atom. The number of rotatable bonds is 12. The highest BCUT2D eigenvalue weighted by molar-refractivity contribution is 4.73. The van der Waals surface area contributed by atoms with Crippen LogP contribution in [-0.4, -0.2) is 6.54 Å². The molecular weight excluding hydrogens is 208 g/mol. The minimum absolute atomic E-state index is 0. The molecule has 0 saturated heterocycles. The highest BCUT2D eigenvalue weighted by Crippen LogP contribution is 2.10. The Labute approximate surface area is 109 Å². The van der Waals surface area contributed by atoms with Gasteiger partial charge in [0.05, 0.1) is 0 Å². The van der Waals surface area contributed by atoms with Gasteiger partial charge in [0.25, 0.3) is 0 Å². The van der Waals surface area contributed by atoms with E-state index in [0.717, 1.165) is 6.54 Å². The van der Waals surface area contributed by atoms with Gasteiger partial charge in [-0.2, -0.15) is 0 Å². The topological polar surface area (TPSA) is 47.0 Å². The van der Waals surface area contributed by atoms with Gasteiger partial charge >= 0.3 is 0 Å². The predicted molar refractivity (Wildman–Crippen MR) is 79.7 cm³/mol. The summed E-state index contributed by atoms with van der Waals surface area (Å²) >= 11 is 0. The third kappa shape index (κ3) is 18.1. The normalized spacial score (nSPS) is 10.5. The summed E-state index contributed by atoms with van der Waals surface area (Å²) in [5.74, 6) is 0. The second-order valence-corrected chi connectivity index (χ2v) is 4.64. The highest BCUT2D eigenvalue weighted by Gasteiger charge is 1.91. The molecule has 0 fully saturated rings. The van der Waals surface area contributed by atoms with Crippen molar-refractivity contribution in [3.8, 4) is 0 Å². The molecule has 0 radical (unpaired) electrons. The Kier molecular flexibility index (Phi) is 19.8. The van der Waals surface area contributed by atoms with Gasteiger partial charge in [0.2, 0.25) is 0 Å². The van der Waals surface area contributed by atoms with Crippen LogP contribution in [0.2, 0.25) is 0 Å². The maximum Gasteiger partial charge on any atom is 0.0141 e. The molecule has 0 aromatic heterocycles. The first kappa shape index (κ1) is 18.9. The smallest absolute Gasteiger partial charge is 0.0141 e. The lowest BCUT2D eigenvalue weighted by molar-refractivity contribution is 0.553. The molecular formula is C15H34N2. The number of hydrogen-bond acceptors (Lipinski definition) is 2. The van der Waals surface area contributed by atoms with E-state index in [2.05, 4.69) is 18.3 Å². The third-order valence-corrected chi connectivity index (χ3v) is 2.96. The average Bonchev–Trinajstić information content (AvgIpc) is 2.31. The van der Waals surface area contributed by atoms with Crippen LogP contribution in [-0.2, 0) is 0 Å². The second-order valence-electron chi connectivity index (χ2n) is 4.64. The number of hydrogen-bond donors (Lipinski definition) is 2. The molecule has 0 aliphatic rings. The van der Waals surface area contributed by atoms with Crippen LogP contribution >= 0.6 is 0 Å². The molecule has 0 rings (SSSR count). The summed E-state index contributed by atoms with van der Waals surface area (Å²) in [6.45, 7) is 5.47. The maximum atomic E-state index is 3.28. The van der Waals surface area contributed by atoms with Crippen molar-refractivity contribution in [3.63, 3.8) is 0 Å². The zero-order chi connectivity index (χ0) is 11.9. The van der Waals surface area contributed by atoms with Gasteiger partial charge in [-0.1, -0.05) is 70.8 Å². The van der Waals surface area contributed by atoms with E-state index in [1.807, 2.05) is 13.1 Å². The summed E-state index contributed by atoms with van der Waals surface area (Å²) in [4.78, 5) is 0. The Balaban J connectivity index is 0. The zero-order valence-electron chi connectivity index (χ0n) is 12.1. The molecule has 104 valence electrons. The molecule has 0 atom stereocenters. The lowest BCUT2D eigenvalue weighted by atomic mass is 10.1. The molecule has 0 aromatic rings. The van der Waals surface area contributed by atoms with Crippen molar-refractivity contribution in [2.45, 2.75) is 78.1 Å². The SMILES string of the molecule is C/C=C/NCCCCCCCCCCCC.N. The van der Waals surface area contributed by atoms with Gasteiger partial charge in [0, 0.05) is 6.54 Å². The van der Waals surface area contributed by atoms with E-state index in [9.17, 15) is 0 Å². The van der Waals surface area contributed by atoms with Gasteiger partial charge in [-0.15, -0.1) is 0 Å². The van der Waals surface area contributed by atoms with Gasteiger partial charge in [0.1, 0.15) is 0 Å². The van der Waals surface area contributed by atoms with E-state index in [4.69, 9.17) is 0 Å². The zero-order valence-corrected chi connectivity index (χ0v) is 12.1. The fourth-order valence-corrected chi connectivity index (χ4v) is 1.92. The van der Waals surface area contributed by atoms with E-state index < -0.39 is 0 Å². The second kappa shape index (κ2) is 17.9. The molecule has 0 aliphatic carbocycles. The molecule has 4 N–H and O–H groups in total. The molecule has 17 heavy (non-hydrogen) atoms. The molecule has 0 aromatic carbocycles. The molecule has 0 saturated carbocycles. The Morgan fingerprint density at radius 1 is 0.765 bits per heavy atom. The van der Waals surface area contributed by atoms with Crippen molar-refractivity contribution in [1.29, 1.82) is 0 Å². The molecule has 0 spiro atoms. The number of unbranched alkanes of at least 4 members (excludes halogenated alkanes) is 9. The molecule has 0 unspecified atom stereocenters. The van der Waals surface area contributed by atoms with Crippen molar-refractivity contribution in [3.05, 3.63) is 12.3 Å². The van der Waals surface area contributed by atoms with Crippen LogP contribution in [0.4, 0.5) is 0 Å². The van der Waals surface area contributed by atoms with Gasteiger partial charge in [0.15, 0.2) is 0 Å². The van der Waals surface area contributed by atoms with E-state index >= 15 is 0 Å². The van der Waals surface area contributed by atoms with E-state index in [1.54, 1.807) is 0 Å². The van der Waals surface area contributed by atoms with E-state index in [0.29, 0.717) is 0 Å². The molecule has 0 aliphatic heterocycles. The summed E-state index contributed by atoms with van der Waals surface area (Å²) in [5, 5.41) is 3.28. The van der Waals surface area contributed by atoms with Crippen molar-refractivity contribution in [2.24, 2.45) is 0 Å². The minimum atomic E-state index is 0. The van der Waals surface area contributed by atoms with Gasteiger partial charge in [-0.05, 0) is 19.5 Å². The maximum absolute atomic E-state index is 3.28. The van der Waals surface area contributed by atoms with Crippen LogP contribution in [0.25, 0.3) is 0 Å². The lowest BCUT2D eigenvalue weighted by Crippen LogP contribution is -2.05. The Hall–Kier alpha value is -0.500. The fraction of sp³-hybridized carbons (Fsp3) is 0.867. The average molecular weight is 242 g/mol. The summed E-state index contributed by atoms with van der Waals surface area (Å²) in [5.41, 5.74) is 0. The van der Waals surface area contributed by atoms with Crippen LogP contribution < -0.4 is 11.5 Å². The Morgan fingerprint density at radius 2 is 1.24 bits per heavy atom. The first-order chi connectivity index (χ1) is 7.91. The Bertz CT molecular complexity index is 144. The van der Waals surface area contributed by atoms with Crippen LogP contribution in [0.5, 0.6) is 0 Å². The van der Waals surface area contributed by atoms with Crippen LogP contribution in [0, 0.1) is 0 Å². The number of allylic oxidation sites excluding steroid dienone is 1. The van der Waals surface area contributed by atoms with Crippen molar-refractivity contribution in [2.75, 3.05) is 6.54 Å². The van der Waals surface area contributed by atoms with Gasteiger partial charge in [-0.25, -0.2) is 0 Å². The van der Waals surface area contributed by atoms with Crippen molar-refractivity contribution >= 4 is 0 Å². The molecule has 2 heteroatoms. The summed E-state index contributed by atoms with van der Waals surface area (Å²) in [6, 6.07) is 0. The van der Waals surface area contributed by atoms with Gasteiger partial charge in [-0.3, -0.25) is 0 Å². The van der Waals surface area contributed by atoms with Crippen LogP contribution in [0.15, 0.2) is 12.3 Å². The first-order valence-electron chi connectivity index (χ1n) is 7.26. The monoisotopic (exact) mass is 242 g/mol. The lowest BCUT2D eigenvalue weighted by Gasteiger charge is -2.02. The molecule has 2 nitrogen and oxygen atoms in total. The first-order valence-corrected chi connectivity index (χ1v) is 7.26. The van der Waals surface area contributed by atoms with Crippen LogP contribution in [0.3, 0.4) is 0 Å². The van der Waals surface area contributed by atoms with Crippen molar-refractivity contribution in [1.82, 2.24) is 11.5 Å². The van der Waals surface area contributed by atoms with Gasteiger partial charge < -0.3 is 11.5 Å². The third-order valence-electron chi connectivity index (χ3n) is 2.96. The summed E-state index contributed by atoms with van der Waals surface area (Å²) < 4.78 is 0. The quantitative estimate of drug-likeness (QED) is 0.462. The standard InChI is InChI=1S/C15H31N.H3N/c1-3-5-6-7-8-9-10-11-12-13-15-16-14-4-2;/h4,14,16H,3,5-13,15H2,1-2H3;1H3/b14-4+;.